The lowest BCUT2D eigenvalue weighted by Gasteiger charge is -2.35. The van der Waals surface area contributed by atoms with Crippen LogP contribution in [0.15, 0.2) is 30.5 Å². The van der Waals surface area contributed by atoms with E-state index in [1.165, 1.54) is 38.1 Å². The van der Waals surface area contributed by atoms with Gasteiger partial charge in [-0.1, -0.05) is 13.8 Å². The summed E-state index contributed by atoms with van der Waals surface area (Å²) in [6.07, 6.45) is 4.32. The van der Waals surface area contributed by atoms with Gasteiger partial charge in [-0.15, -0.1) is 0 Å². The maximum atomic E-state index is 13.3. The van der Waals surface area contributed by atoms with Gasteiger partial charge in [-0.3, -0.25) is 9.69 Å². The maximum Gasteiger partial charge on any atom is 0.257 e. The zero-order valence-corrected chi connectivity index (χ0v) is 18.1. The Balaban J connectivity index is 1.41. The number of hydrogen-bond donors (Lipinski definition) is 0. The summed E-state index contributed by atoms with van der Waals surface area (Å²) in [5, 5.41) is 4.47. The molecule has 4 rings (SSSR count). The third-order valence-electron chi connectivity index (χ3n) is 6.25. The predicted molar refractivity (Wildman–Crippen MR) is 116 cm³/mol. The number of likely N-dealkylation sites (tertiary alicyclic amines) is 1. The number of aromatic nitrogens is 2. The number of nitrogens with zero attached hydrogens (tertiary/aromatic N) is 5. The molecule has 2 aliphatic rings. The van der Waals surface area contributed by atoms with Gasteiger partial charge in [0.15, 0.2) is 0 Å². The average molecular weight is 414 g/mol. The summed E-state index contributed by atoms with van der Waals surface area (Å²) in [7, 11) is 0. The molecule has 2 fully saturated rings. The molecule has 2 aliphatic heterocycles. The largest absolute Gasteiger partial charge is 0.336 e. The van der Waals surface area contributed by atoms with E-state index >= 15 is 0 Å². The first-order valence-electron chi connectivity index (χ1n) is 11.1. The molecule has 1 amide bonds. The van der Waals surface area contributed by atoms with E-state index in [1.54, 1.807) is 23.0 Å². The van der Waals surface area contributed by atoms with Crippen molar-refractivity contribution in [2.75, 3.05) is 52.4 Å². The van der Waals surface area contributed by atoms with Crippen LogP contribution in [0.5, 0.6) is 0 Å². The number of hydrogen-bond acceptors (Lipinski definition) is 4. The highest BCUT2D eigenvalue weighted by Gasteiger charge is 2.27. The van der Waals surface area contributed by atoms with Crippen molar-refractivity contribution in [2.45, 2.75) is 32.6 Å². The van der Waals surface area contributed by atoms with Crippen molar-refractivity contribution in [3.05, 3.63) is 47.5 Å². The third-order valence-corrected chi connectivity index (χ3v) is 6.25. The number of benzene rings is 1. The van der Waals surface area contributed by atoms with Gasteiger partial charge in [0.1, 0.15) is 5.82 Å². The Morgan fingerprint density at radius 2 is 1.57 bits per heavy atom. The Labute approximate surface area is 178 Å². The second kappa shape index (κ2) is 9.27. The molecule has 0 unspecified atom stereocenters. The van der Waals surface area contributed by atoms with Crippen molar-refractivity contribution in [2.24, 2.45) is 0 Å². The molecule has 0 saturated carbocycles. The van der Waals surface area contributed by atoms with Crippen molar-refractivity contribution >= 4 is 5.91 Å². The van der Waals surface area contributed by atoms with E-state index in [9.17, 15) is 9.18 Å². The number of piperazine rings is 1. The molecule has 1 aromatic heterocycles. The molecule has 30 heavy (non-hydrogen) atoms. The molecular weight excluding hydrogens is 381 g/mol. The minimum absolute atomic E-state index is 0.0475. The molecule has 0 atom stereocenters. The van der Waals surface area contributed by atoms with Crippen LogP contribution in [0, 0.1) is 5.82 Å². The first-order chi connectivity index (χ1) is 14.5. The van der Waals surface area contributed by atoms with Crippen LogP contribution in [0.25, 0.3) is 5.69 Å². The van der Waals surface area contributed by atoms with Crippen molar-refractivity contribution in [3.63, 3.8) is 0 Å². The number of carbonyl (C=O) groups is 1. The topological polar surface area (TPSA) is 44.6 Å². The molecule has 0 radical (unpaired) electrons. The van der Waals surface area contributed by atoms with E-state index < -0.39 is 0 Å². The SMILES string of the molecule is CC(C)c1c(C(=O)N2CCN(CCN3CCCC3)CC2)cnn1-c1ccc(F)cc1. The average Bonchev–Trinajstić information content (AvgIpc) is 3.43. The molecule has 0 aliphatic carbocycles. The van der Waals surface area contributed by atoms with E-state index in [1.807, 2.05) is 4.90 Å². The van der Waals surface area contributed by atoms with Crippen LogP contribution in [0.3, 0.4) is 0 Å². The molecular formula is C23H32FN5O. The lowest BCUT2D eigenvalue weighted by atomic mass is 10.0. The lowest BCUT2D eigenvalue weighted by Crippen LogP contribution is -2.50. The van der Waals surface area contributed by atoms with Crippen LogP contribution in [0.4, 0.5) is 4.39 Å². The standard InChI is InChI=1S/C23H32FN5O/c1-18(2)22-21(17-25-29(22)20-7-5-19(24)6-8-20)23(30)28-15-13-27(14-16-28)12-11-26-9-3-4-10-26/h5-8,17-18H,3-4,9-16H2,1-2H3. The van der Waals surface area contributed by atoms with Crippen LogP contribution in [0.1, 0.15) is 48.7 Å². The van der Waals surface area contributed by atoms with Gasteiger partial charge >= 0.3 is 0 Å². The summed E-state index contributed by atoms with van der Waals surface area (Å²) in [6, 6.07) is 6.23. The van der Waals surface area contributed by atoms with E-state index in [4.69, 9.17) is 0 Å². The van der Waals surface area contributed by atoms with Gasteiger partial charge in [0.25, 0.3) is 5.91 Å². The van der Waals surface area contributed by atoms with Gasteiger partial charge < -0.3 is 9.80 Å². The lowest BCUT2D eigenvalue weighted by molar-refractivity contribution is 0.0625. The monoisotopic (exact) mass is 413 g/mol. The van der Waals surface area contributed by atoms with Crippen LogP contribution in [0.2, 0.25) is 0 Å². The number of halogens is 1. The zero-order chi connectivity index (χ0) is 21.1. The fraction of sp³-hybridized carbons (Fsp3) is 0.565. The Hall–Kier alpha value is -2.25. The Kier molecular flexibility index (Phi) is 6.49. The molecule has 3 heterocycles. The fourth-order valence-electron chi connectivity index (χ4n) is 4.50. The van der Waals surface area contributed by atoms with Crippen LogP contribution < -0.4 is 0 Å². The number of carbonyl (C=O) groups excluding carboxylic acids is 1. The van der Waals surface area contributed by atoms with Crippen LogP contribution in [-0.2, 0) is 0 Å². The van der Waals surface area contributed by atoms with E-state index in [-0.39, 0.29) is 17.6 Å². The Morgan fingerprint density at radius 1 is 0.967 bits per heavy atom. The molecule has 0 spiro atoms. The van der Waals surface area contributed by atoms with Gasteiger partial charge in [0.05, 0.1) is 23.1 Å². The highest BCUT2D eigenvalue weighted by molar-refractivity contribution is 5.95. The third kappa shape index (κ3) is 4.57. The first-order valence-corrected chi connectivity index (χ1v) is 11.1. The quantitative estimate of drug-likeness (QED) is 0.730. The second-order valence-electron chi connectivity index (χ2n) is 8.67. The summed E-state index contributed by atoms with van der Waals surface area (Å²) in [4.78, 5) is 20.2. The normalized spacial score (nSPS) is 18.5. The molecule has 2 aromatic rings. The molecule has 6 nitrogen and oxygen atoms in total. The van der Waals surface area contributed by atoms with E-state index in [0.29, 0.717) is 5.56 Å². The van der Waals surface area contributed by atoms with Gasteiger partial charge in [0.2, 0.25) is 0 Å². The second-order valence-corrected chi connectivity index (χ2v) is 8.67. The van der Waals surface area contributed by atoms with Crippen molar-refractivity contribution in [3.8, 4) is 5.69 Å². The predicted octanol–water partition coefficient (Wildman–Crippen LogP) is 2.99. The molecule has 7 heteroatoms. The maximum absolute atomic E-state index is 13.3. The Bertz CT molecular complexity index is 849. The van der Waals surface area contributed by atoms with Crippen molar-refractivity contribution in [1.29, 1.82) is 0 Å². The smallest absolute Gasteiger partial charge is 0.257 e. The van der Waals surface area contributed by atoms with Gasteiger partial charge in [0, 0.05) is 39.3 Å². The molecule has 0 bridgehead atoms. The number of amides is 1. The summed E-state index contributed by atoms with van der Waals surface area (Å²) >= 11 is 0. The Morgan fingerprint density at radius 3 is 2.17 bits per heavy atom. The fourth-order valence-corrected chi connectivity index (χ4v) is 4.50. The van der Waals surface area contributed by atoms with E-state index in [2.05, 4.69) is 28.7 Å². The molecule has 1 aromatic carbocycles. The van der Waals surface area contributed by atoms with Gasteiger partial charge in [-0.05, 0) is 56.1 Å². The zero-order valence-electron chi connectivity index (χ0n) is 18.1. The summed E-state index contributed by atoms with van der Waals surface area (Å²) in [6.45, 7) is 12.1. The number of rotatable bonds is 6. The summed E-state index contributed by atoms with van der Waals surface area (Å²) in [5.74, 6) is -0.111. The highest BCUT2D eigenvalue weighted by atomic mass is 19.1. The van der Waals surface area contributed by atoms with Gasteiger partial charge in [-0.25, -0.2) is 9.07 Å². The summed E-state index contributed by atoms with van der Waals surface area (Å²) < 4.78 is 15.1. The van der Waals surface area contributed by atoms with Crippen molar-refractivity contribution < 1.29 is 9.18 Å². The summed E-state index contributed by atoms with van der Waals surface area (Å²) in [5.41, 5.74) is 2.30. The minimum atomic E-state index is -0.282. The minimum Gasteiger partial charge on any atom is -0.336 e. The van der Waals surface area contributed by atoms with E-state index in [0.717, 1.165) is 50.6 Å². The van der Waals surface area contributed by atoms with Crippen LogP contribution in [-0.4, -0.2) is 82.7 Å². The van der Waals surface area contributed by atoms with Crippen LogP contribution >= 0.6 is 0 Å². The first kappa shape index (κ1) is 21.0. The van der Waals surface area contributed by atoms with Crippen molar-refractivity contribution in [1.82, 2.24) is 24.5 Å². The molecule has 0 N–H and O–H groups in total. The molecule has 162 valence electrons. The molecule has 2 saturated heterocycles. The highest BCUT2D eigenvalue weighted by Crippen LogP contribution is 2.25. The van der Waals surface area contributed by atoms with Gasteiger partial charge in [-0.2, -0.15) is 5.10 Å².